The fourth-order valence-electron chi connectivity index (χ4n) is 2.12. The maximum absolute atomic E-state index is 12.4. The van der Waals surface area contributed by atoms with E-state index in [1.54, 1.807) is 30.5 Å². The van der Waals surface area contributed by atoms with E-state index >= 15 is 0 Å². The van der Waals surface area contributed by atoms with Gasteiger partial charge in [-0.25, -0.2) is 4.98 Å². The molecule has 2 aromatic carbocycles. The number of aromatic nitrogens is 1. The topological polar surface area (TPSA) is 39.2 Å². The Kier molecular flexibility index (Phi) is 4.83. The molecule has 0 saturated carbocycles. The minimum atomic E-state index is -0.0559. The monoisotopic (exact) mass is 367 g/mol. The van der Waals surface area contributed by atoms with Crippen molar-refractivity contribution in [2.75, 3.05) is 0 Å². The van der Waals surface area contributed by atoms with E-state index in [2.05, 4.69) is 20.9 Å². The van der Waals surface area contributed by atoms with E-state index in [9.17, 15) is 4.79 Å². The van der Waals surface area contributed by atoms with Crippen LogP contribution in [0.4, 0.5) is 0 Å². The molecule has 0 saturated heterocycles. The van der Waals surface area contributed by atoms with Gasteiger partial charge in [-0.3, -0.25) is 4.79 Å². The van der Waals surface area contributed by atoms with Crippen molar-refractivity contribution in [3.05, 3.63) is 94.2 Å². The first kappa shape index (κ1) is 15.4. The lowest BCUT2D eigenvalue weighted by Gasteiger charge is -2.07. The smallest absolute Gasteiger partial charge is 0.194 e. The van der Waals surface area contributed by atoms with Crippen molar-refractivity contribution in [2.24, 2.45) is 0 Å². The molecule has 3 rings (SSSR count). The van der Waals surface area contributed by atoms with E-state index in [0.29, 0.717) is 22.3 Å². The van der Waals surface area contributed by atoms with Gasteiger partial charge in [0.1, 0.15) is 17.0 Å². The quantitative estimate of drug-likeness (QED) is 0.486. The highest BCUT2D eigenvalue weighted by Crippen LogP contribution is 2.17. The molecule has 0 N–H and O–H groups in total. The second-order valence-corrected chi connectivity index (χ2v) is 5.81. The Bertz CT molecular complexity index is 784. The molecule has 23 heavy (non-hydrogen) atoms. The number of carbonyl (C=O) groups excluding carboxylic acids is 1. The number of hydrogen-bond acceptors (Lipinski definition) is 3. The molecular formula is C19H14BrNO2. The first-order valence-corrected chi connectivity index (χ1v) is 7.95. The Labute approximate surface area is 143 Å². The van der Waals surface area contributed by atoms with Crippen LogP contribution in [-0.2, 0) is 6.61 Å². The molecule has 0 spiro atoms. The molecule has 1 heterocycles. The summed E-state index contributed by atoms with van der Waals surface area (Å²) >= 11 is 3.26. The molecule has 0 amide bonds. The van der Waals surface area contributed by atoms with Crippen LogP contribution in [0.3, 0.4) is 0 Å². The zero-order valence-corrected chi connectivity index (χ0v) is 13.9. The Morgan fingerprint density at radius 2 is 1.61 bits per heavy atom. The standard InChI is InChI=1S/C19H14BrNO2/c20-18-11-8-16(12-21-18)19(22)15-6-9-17(10-7-15)23-13-14-4-2-1-3-5-14/h1-12H,13H2. The lowest BCUT2D eigenvalue weighted by molar-refractivity contribution is 0.103. The minimum Gasteiger partial charge on any atom is -0.489 e. The largest absolute Gasteiger partial charge is 0.489 e. The van der Waals surface area contributed by atoms with E-state index < -0.39 is 0 Å². The predicted molar refractivity (Wildman–Crippen MR) is 92.6 cm³/mol. The molecule has 114 valence electrons. The van der Waals surface area contributed by atoms with Gasteiger partial charge in [0.2, 0.25) is 0 Å². The molecule has 1 aromatic heterocycles. The van der Waals surface area contributed by atoms with Crippen molar-refractivity contribution in [1.29, 1.82) is 0 Å². The van der Waals surface area contributed by atoms with Crippen LogP contribution < -0.4 is 4.74 Å². The summed E-state index contributed by atoms with van der Waals surface area (Å²) in [4.78, 5) is 16.4. The second-order valence-electron chi connectivity index (χ2n) is 5.00. The number of rotatable bonds is 5. The number of nitrogens with zero attached hydrogens (tertiary/aromatic N) is 1. The summed E-state index contributed by atoms with van der Waals surface area (Å²) in [6.07, 6.45) is 1.56. The van der Waals surface area contributed by atoms with Crippen LogP contribution in [0.15, 0.2) is 77.5 Å². The number of hydrogen-bond donors (Lipinski definition) is 0. The molecule has 4 heteroatoms. The molecular weight excluding hydrogens is 354 g/mol. The third-order valence-electron chi connectivity index (χ3n) is 3.35. The first-order valence-electron chi connectivity index (χ1n) is 7.15. The van der Waals surface area contributed by atoms with Gasteiger partial charge in [0, 0.05) is 17.3 Å². The number of benzene rings is 2. The van der Waals surface area contributed by atoms with Crippen molar-refractivity contribution >= 4 is 21.7 Å². The Hall–Kier alpha value is -2.46. The summed E-state index contributed by atoms with van der Waals surface area (Å²) in [5.41, 5.74) is 2.28. The van der Waals surface area contributed by atoms with Crippen LogP contribution in [0.25, 0.3) is 0 Å². The van der Waals surface area contributed by atoms with Gasteiger partial charge >= 0.3 is 0 Å². The van der Waals surface area contributed by atoms with Crippen LogP contribution in [0.2, 0.25) is 0 Å². The Morgan fingerprint density at radius 1 is 0.913 bits per heavy atom. The molecule has 0 atom stereocenters. The van der Waals surface area contributed by atoms with Gasteiger partial charge < -0.3 is 4.74 Å². The van der Waals surface area contributed by atoms with E-state index in [4.69, 9.17) is 4.74 Å². The number of pyridine rings is 1. The fraction of sp³-hybridized carbons (Fsp3) is 0.0526. The number of halogens is 1. The molecule has 0 aliphatic rings. The summed E-state index contributed by atoms with van der Waals surface area (Å²) in [5.74, 6) is 0.680. The van der Waals surface area contributed by atoms with Crippen LogP contribution in [0.1, 0.15) is 21.5 Å². The van der Waals surface area contributed by atoms with Crippen molar-refractivity contribution in [3.8, 4) is 5.75 Å². The maximum Gasteiger partial charge on any atom is 0.194 e. The van der Waals surface area contributed by atoms with E-state index in [1.165, 1.54) is 0 Å². The zero-order chi connectivity index (χ0) is 16.1. The van der Waals surface area contributed by atoms with Gasteiger partial charge in [-0.1, -0.05) is 30.3 Å². The van der Waals surface area contributed by atoms with Crippen LogP contribution in [0, 0.1) is 0 Å². The number of ether oxygens (including phenoxy) is 1. The van der Waals surface area contributed by atoms with Crippen molar-refractivity contribution in [2.45, 2.75) is 6.61 Å². The van der Waals surface area contributed by atoms with Gasteiger partial charge in [0.15, 0.2) is 5.78 Å². The van der Waals surface area contributed by atoms with Crippen LogP contribution >= 0.6 is 15.9 Å². The highest BCUT2D eigenvalue weighted by molar-refractivity contribution is 9.10. The molecule has 0 radical (unpaired) electrons. The maximum atomic E-state index is 12.4. The van der Waals surface area contributed by atoms with Gasteiger partial charge in [0.05, 0.1) is 0 Å². The minimum absolute atomic E-state index is 0.0559. The van der Waals surface area contributed by atoms with E-state index in [0.717, 1.165) is 11.3 Å². The summed E-state index contributed by atoms with van der Waals surface area (Å²) in [5, 5.41) is 0. The molecule has 0 bridgehead atoms. The van der Waals surface area contributed by atoms with Crippen LogP contribution in [-0.4, -0.2) is 10.8 Å². The SMILES string of the molecule is O=C(c1ccc(OCc2ccccc2)cc1)c1ccc(Br)nc1. The van der Waals surface area contributed by atoms with Crippen molar-refractivity contribution in [3.63, 3.8) is 0 Å². The Balaban J connectivity index is 1.67. The van der Waals surface area contributed by atoms with Crippen molar-refractivity contribution < 1.29 is 9.53 Å². The average Bonchev–Trinajstić information content (AvgIpc) is 2.61. The third-order valence-corrected chi connectivity index (χ3v) is 3.82. The molecule has 3 aromatic rings. The lowest BCUT2D eigenvalue weighted by atomic mass is 10.1. The van der Waals surface area contributed by atoms with Gasteiger partial charge in [-0.2, -0.15) is 0 Å². The summed E-state index contributed by atoms with van der Waals surface area (Å²) < 4.78 is 6.43. The third kappa shape index (κ3) is 4.05. The van der Waals surface area contributed by atoms with E-state index in [1.807, 2.05) is 42.5 Å². The average molecular weight is 368 g/mol. The summed E-state index contributed by atoms with van der Waals surface area (Å²) in [7, 11) is 0. The normalized spacial score (nSPS) is 10.3. The van der Waals surface area contributed by atoms with Crippen molar-refractivity contribution in [1.82, 2.24) is 4.98 Å². The Morgan fingerprint density at radius 3 is 2.26 bits per heavy atom. The highest BCUT2D eigenvalue weighted by atomic mass is 79.9. The second kappa shape index (κ2) is 7.20. The molecule has 0 fully saturated rings. The zero-order valence-electron chi connectivity index (χ0n) is 12.3. The van der Waals surface area contributed by atoms with E-state index in [-0.39, 0.29) is 5.78 Å². The molecule has 0 aliphatic carbocycles. The van der Waals surface area contributed by atoms with Crippen LogP contribution in [0.5, 0.6) is 5.75 Å². The molecule has 3 nitrogen and oxygen atoms in total. The summed E-state index contributed by atoms with van der Waals surface area (Å²) in [6, 6.07) is 20.6. The summed E-state index contributed by atoms with van der Waals surface area (Å²) in [6.45, 7) is 0.505. The first-order chi connectivity index (χ1) is 11.2. The number of ketones is 1. The highest BCUT2D eigenvalue weighted by Gasteiger charge is 2.09. The van der Waals surface area contributed by atoms with Gasteiger partial charge in [0.25, 0.3) is 0 Å². The fourth-order valence-corrected chi connectivity index (χ4v) is 2.35. The molecule has 0 unspecified atom stereocenters. The predicted octanol–water partition coefficient (Wildman–Crippen LogP) is 4.65. The number of carbonyl (C=O) groups is 1. The van der Waals surface area contributed by atoms with Gasteiger partial charge in [-0.05, 0) is 57.9 Å². The van der Waals surface area contributed by atoms with Gasteiger partial charge in [-0.15, -0.1) is 0 Å². The molecule has 0 aliphatic heterocycles. The lowest BCUT2D eigenvalue weighted by Crippen LogP contribution is -2.02.